The van der Waals surface area contributed by atoms with E-state index in [1.54, 1.807) is 30.3 Å². The molecule has 0 saturated carbocycles. The molecule has 3 rings (SSSR count). The van der Waals surface area contributed by atoms with Crippen molar-refractivity contribution in [3.63, 3.8) is 0 Å². The lowest BCUT2D eigenvalue weighted by Crippen LogP contribution is -2.49. The highest BCUT2D eigenvalue weighted by atomic mass is 16.7. The van der Waals surface area contributed by atoms with Gasteiger partial charge in [0.1, 0.15) is 11.8 Å². The van der Waals surface area contributed by atoms with Crippen LogP contribution in [0.4, 0.5) is 5.69 Å². The maximum Gasteiger partial charge on any atom is 0.290 e. The van der Waals surface area contributed by atoms with Gasteiger partial charge in [0.25, 0.3) is 11.8 Å². The second kappa shape index (κ2) is 8.89. The van der Waals surface area contributed by atoms with Crippen molar-refractivity contribution < 1.29 is 33.0 Å². The Balaban J connectivity index is 1.89. The molecule has 0 aliphatic carbocycles. The standard InChI is InChI=1S/C20H22N2O7/c1-26-14-8-6-13(7-9-14)22-17(23)11-15(19(22)24)21(12-18(27-2)28-3)20(25)16-5-4-10-29-16/h4-10,15,18H,11-12H2,1-3H3. The maximum atomic E-state index is 13.1. The normalized spacial score (nSPS) is 16.6. The smallest absolute Gasteiger partial charge is 0.290 e. The summed E-state index contributed by atoms with van der Waals surface area (Å²) in [5.41, 5.74) is 0.406. The SMILES string of the molecule is COc1ccc(N2C(=O)CC(N(CC(OC)OC)C(=O)c3ccco3)C2=O)cc1. The summed E-state index contributed by atoms with van der Waals surface area (Å²) in [5.74, 6) is -0.794. The van der Waals surface area contributed by atoms with Gasteiger partial charge in [-0.3, -0.25) is 14.4 Å². The number of benzene rings is 1. The van der Waals surface area contributed by atoms with Crippen LogP contribution >= 0.6 is 0 Å². The second-order valence-corrected chi connectivity index (χ2v) is 6.32. The summed E-state index contributed by atoms with van der Waals surface area (Å²) in [6.07, 6.45) is 0.435. The third-order valence-electron chi connectivity index (χ3n) is 4.69. The van der Waals surface area contributed by atoms with Crippen molar-refractivity contribution in [2.45, 2.75) is 18.8 Å². The lowest BCUT2D eigenvalue weighted by molar-refractivity contribution is -0.128. The van der Waals surface area contributed by atoms with Gasteiger partial charge in [-0.05, 0) is 36.4 Å². The molecule has 0 spiro atoms. The van der Waals surface area contributed by atoms with Crippen LogP contribution in [0, 0.1) is 0 Å². The first-order chi connectivity index (χ1) is 14.0. The fourth-order valence-corrected chi connectivity index (χ4v) is 3.16. The van der Waals surface area contributed by atoms with Crippen LogP contribution in [0.15, 0.2) is 47.1 Å². The van der Waals surface area contributed by atoms with Crippen molar-refractivity contribution >= 4 is 23.4 Å². The van der Waals surface area contributed by atoms with E-state index < -0.39 is 30.1 Å². The Morgan fingerprint density at radius 2 is 1.86 bits per heavy atom. The monoisotopic (exact) mass is 402 g/mol. The third kappa shape index (κ3) is 4.15. The van der Waals surface area contributed by atoms with Gasteiger partial charge in [0.05, 0.1) is 32.0 Å². The van der Waals surface area contributed by atoms with Crippen LogP contribution in [0.1, 0.15) is 17.0 Å². The van der Waals surface area contributed by atoms with Gasteiger partial charge in [-0.2, -0.15) is 0 Å². The Labute approximate surface area is 167 Å². The van der Waals surface area contributed by atoms with Gasteiger partial charge >= 0.3 is 0 Å². The van der Waals surface area contributed by atoms with E-state index in [9.17, 15) is 14.4 Å². The molecule has 0 N–H and O–H groups in total. The zero-order valence-electron chi connectivity index (χ0n) is 16.4. The number of ether oxygens (including phenoxy) is 3. The minimum atomic E-state index is -1.00. The Morgan fingerprint density at radius 1 is 1.17 bits per heavy atom. The van der Waals surface area contributed by atoms with Crippen molar-refractivity contribution in [2.75, 3.05) is 32.8 Å². The van der Waals surface area contributed by atoms with Gasteiger partial charge in [0.15, 0.2) is 12.1 Å². The molecule has 1 unspecified atom stereocenters. The summed E-state index contributed by atoms with van der Waals surface area (Å²) >= 11 is 0. The molecule has 1 aliphatic rings. The minimum Gasteiger partial charge on any atom is -0.497 e. The van der Waals surface area contributed by atoms with Gasteiger partial charge in [0.2, 0.25) is 5.91 Å². The fourth-order valence-electron chi connectivity index (χ4n) is 3.16. The largest absolute Gasteiger partial charge is 0.497 e. The number of carbonyl (C=O) groups is 3. The van der Waals surface area contributed by atoms with E-state index in [0.29, 0.717) is 11.4 Å². The summed E-state index contributed by atoms with van der Waals surface area (Å²) in [5, 5.41) is 0. The number of rotatable bonds is 8. The molecular formula is C20H22N2O7. The first kappa shape index (κ1) is 20.6. The van der Waals surface area contributed by atoms with Crippen LogP contribution in [0.2, 0.25) is 0 Å². The van der Waals surface area contributed by atoms with Crippen LogP contribution in [0.5, 0.6) is 5.75 Å². The predicted molar refractivity (Wildman–Crippen MR) is 101 cm³/mol. The van der Waals surface area contributed by atoms with Crippen LogP contribution < -0.4 is 9.64 Å². The predicted octanol–water partition coefficient (Wildman–Crippen LogP) is 1.68. The van der Waals surface area contributed by atoms with Crippen LogP contribution in [-0.2, 0) is 19.1 Å². The Morgan fingerprint density at radius 3 is 2.41 bits per heavy atom. The summed E-state index contributed by atoms with van der Waals surface area (Å²) in [4.78, 5) is 41.0. The summed E-state index contributed by atoms with van der Waals surface area (Å²) < 4.78 is 20.7. The number of hydrogen-bond acceptors (Lipinski definition) is 7. The second-order valence-electron chi connectivity index (χ2n) is 6.32. The molecule has 0 radical (unpaired) electrons. The van der Waals surface area contributed by atoms with E-state index in [-0.39, 0.29) is 18.7 Å². The highest BCUT2D eigenvalue weighted by Gasteiger charge is 2.45. The average molecular weight is 402 g/mol. The zero-order chi connectivity index (χ0) is 21.0. The summed E-state index contributed by atoms with van der Waals surface area (Å²) in [7, 11) is 4.38. The molecule has 1 aromatic heterocycles. The summed E-state index contributed by atoms with van der Waals surface area (Å²) in [6, 6.07) is 8.59. The van der Waals surface area contributed by atoms with E-state index >= 15 is 0 Å². The lowest BCUT2D eigenvalue weighted by Gasteiger charge is -2.29. The molecule has 3 amide bonds. The molecule has 9 heteroatoms. The number of hydrogen-bond donors (Lipinski definition) is 0. The number of furan rings is 1. The van der Waals surface area contributed by atoms with Crippen molar-refractivity contribution in [1.82, 2.24) is 4.90 Å². The molecule has 1 aliphatic heterocycles. The molecule has 154 valence electrons. The topological polar surface area (TPSA) is 98.5 Å². The Kier molecular flexibility index (Phi) is 6.30. The van der Waals surface area contributed by atoms with Crippen molar-refractivity contribution in [2.24, 2.45) is 0 Å². The molecule has 9 nitrogen and oxygen atoms in total. The van der Waals surface area contributed by atoms with Crippen molar-refractivity contribution in [3.05, 3.63) is 48.4 Å². The van der Waals surface area contributed by atoms with E-state index in [1.165, 1.54) is 38.6 Å². The van der Waals surface area contributed by atoms with E-state index in [4.69, 9.17) is 18.6 Å². The number of nitrogens with zero attached hydrogens (tertiary/aromatic N) is 2. The number of anilines is 1. The molecule has 1 fully saturated rings. The molecule has 1 atom stereocenters. The minimum absolute atomic E-state index is 0.0489. The van der Waals surface area contributed by atoms with Gasteiger partial charge < -0.3 is 23.5 Å². The molecular weight excluding hydrogens is 380 g/mol. The first-order valence-electron chi connectivity index (χ1n) is 8.91. The van der Waals surface area contributed by atoms with E-state index in [2.05, 4.69) is 0 Å². The molecule has 0 bridgehead atoms. The van der Waals surface area contributed by atoms with E-state index in [1.807, 2.05) is 0 Å². The fraction of sp³-hybridized carbons (Fsp3) is 0.350. The molecule has 2 aromatic rings. The van der Waals surface area contributed by atoms with Crippen LogP contribution in [0.3, 0.4) is 0 Å². The molecule has 1 saturated heterocycles. The van der Waals surface area contributed by atoms with Gasteiger partial charge in [-0.25, -0.2) is 4.90 Å². The summed E-state index contributed by atoms with van der Waals surface area (Å²) in [6.45, 7) is -0.0489. The van der Waals surface area contributed by atoms with Crippen LogP contribution in [0.25, 0.3) is 0 Å². The number of imide groups is 1. The van der Waals surface area contributed by atoms with Gasteiger partial charge in [0, 0.05) is 14.2 Å². The lowest BCUT2D eigenvalue weighted by atomic mass is 10.2. The van der Waals surface area contributed by atoms with Crippen molar-refractivity contribution in [1.29, 1.82) is 0 Å². The molecule has 2 heterocycles. The Hall–Kier alpha value is -3.17. The third-order valence-corrected chi connectivity index (χ3v) is 4.69. The van der Waals surface area contributed by atoms with Gasteiger partial charge in [-0.1, -0.05) is 0 Å². The maximum absolute atomic E-state index is 13.1. The van der Waals surface area contributed by atoms with E-state index in [0.717, 1.165) is 4.90 Å². The number of methoxy groups -OCH3 is 3. The Bertz CT molecular complexity index is 859. The number of amides is 3. The number of carbonyl (C=O) groups excluding carboxylic acids is 3. The quantitative estimate of drug-likeness (QED) is 0.489. The zero-order valence-corrected chi connectivity index (χ0v) is 16.4. The highest BCUT2D eigenvalue weighted by Crippen LogP contribution is 2.28. The first-order valence-corrected chi connectivity index (χ1v) is 8.91. The van der Waals surface area contributed by atoms with Crippen molar-refractivity contribution in [3.8, 4) is 5.75 Å². The molecule has 29 heavy (non-hydrogen) atoms. The average Bonchev–Trinajstić information content (AvgIpc) is 3.37. The van der Waals surface area contributed by atoms with Crippen LogP contribution in [-0.4, -0.2) is 62.8 Å². The van der Waals surface area contributed by atoms with Gasteiger partial charge in [-0.15, -0.1) is 0 Å². The highest BCUT2D eigenvalue weighted by molar-refractivity contribution is 6.23. The molecule has 1 aromatic carbocycles.